The van der Waals surface area contributed by atoms with Crippen LogP contribution in [-0.4, -0.2) is 26.2 Å². The van der Waals surface area contributed by atoms with Crippen LogP contribution in [-0.2, 0) is 0 Å². The summed E-state index contributed by atoms with van der Waals surface area (Å²) in [5.74, 6) is -0.612. The minimum absolute atomic E-state index is 0.190. The highest BCUT2D eigenvalue weighted by atomic mass is 32.2. The fraction of sp³-hybridized carbons (Fsp3) is 0. The molecule has 1 heterocycles. The molecular weight excluding hydrogens is 300 g/mol. The zero-order chi connectivity index (χ0) is 15.5. The van der Waals surface area contributed by atoms with Gasteiger partial charge < -0.3 is 15.8 Å². The first-order valence-corrected chi connectivity index (χ1v) is 7.24. The van der Waals surface area contributed by atoms with E-state index in [0.29, 0.717) is 10.8 Å². The maximum Gasteiger partial charge on any atom is 0.336 e. The quantitative estimate of drug-likeness (QED) is 0.392. The van der Waals surface area contributed by atoms with Crippen molar-refractivity contribution in [3.05, 3.63) is 54.1 Å². The number of nitrogens with two attached hydrogens (primary N) is 1. The number of aromatic carboxylic acids is 1. The molecule has 7 heteroatoms. The van der Waals surface area contributed by atoms with Crippen molar-refractivity contribution >= 4 is 39.9 Å². The Balaban J connectivity index is 1.88. The lowest BCUT2D eigenvalue weighted by molar-refractivity contribution is 0.0693. The van der Waals surface area contributed by atoms with Crippen molar-refractivity contribution in [2.24, 2.45) is 10.7 Å². The molecule has 0 fully saturated rings. The Kier molecular flexibility index (Phi) is 3.80. The third-order valence-electron chi connectivity index (χ3n) is 2.92. The molecule has 110 valence electrons. The minimum Gasteiger partial charge on any atom is -0.478 e. The first-order chi connectivity index (χ1) is 10.6. The summed E-state index contributed by atoms with van der Waals surface area (Å²) < 4.78 is 0. The zero-order valence-electron chi connectivity index (χ0n) is 11.4. The van der Waals surface area contributed by atoms with Crippen molar-refractivity contribution < 1.29 is 9.90 Å². The van der Waals surface area contributed by atoms with Crippen molar-refractivity contribution in [3.63, 3.8) is 0 Å². The first-order valence-electron chi connectivity index (χ1n) is 6.42. The van der Waals surface area contributed by atoms with Crippen molar-refractivity contribution in [1.29, 1.82) is 0 Å². The number of hydrogen-bond donors (Lipinski definition) is 3. The molecule has 0 aliphatic carbocycles. The number of aliphatic imine (C=N–C) groups is 1. The van der Waals surface area contributed by atoms with Crippen LogP contribution in [0.5, 0.6) is 0 Å². The van der Waals surface area contributed by atoms with Gasteiger partial charge in [-0.15, -0.1) is 0 Å². The van der Waals surface area contributed by atoms with Gasteiger partial charge in [0.15, 0.2) is 5.17 Å². The summed E-state index contributed by atoms with van der Waals surface area (Å²) in [5, 5.41) is 9.37. The molecule has 3 rings (SSSR count). The molecule has 0 unspecified atom stereocenters. The predicted octanol–water partition coefficient (Wildman–Crippen LogP) is 3.00. The van der Waals surface area contributed by atoms with Gasteiger partial charge >= 0.3 is 5.97 Å². The van der Waals surface area contributed by atoms with Gasteiger partial charge in [-0.05, 0) is 24.3 Å². The van der Waals surface area contributed by atoms with Gasteiger partial charge in [0.2, 0.25) is 5.95 Å². The largest absolute Gasteiger partial charge is 0.478 e. The standard InChI is InChI=1S/C15H12N4O2S/c16-14(22-12-8-4-1-5-9(12)13(20)21)19-15-17-10-6-2-3-7-11(10)18-15/h1-8H,(H,20,21)(H3,16,17,18,19). The number of aromatic nitrogens is 2. The molecule has 0 aliphatic rings. The first kappa shape index (κ1) is 14.2. The van der Waals surface area contributed by atoms with Crippen LogP contribution in [0.1, 0.15) is 10.4 Å². The molecular formula is C15H12N4O2S. The molecule has 0 saturated heterocycles. The Morgan fingerprint density at radius 1 is 1.18 bits per heavy atom. The fourth-order valence-electron chi connectivity index (χ4n) is 1.96. The van der Waals surface area contributed by atoms with Gasteiger partial charge in [-0.25, -0.2) is 9.78 Å². The van der Waals surface area contributed by atoms with E-state index in [2.05, 4.69) is 15.0 Å². The maximum atomic E-state index is 11.2. The number of carboxylic acids is 1. The van der Waals surface area contributed by atoms with Gasteiger partial charge in [-0.3, -0.25) is 0 Å². The number of carbonyl (C=O) groups is 1. The molecule has 0 atom stereocenters. The summed E-state index contributed by atoms with van der Waals surface area (Å²) in [6.45, 7) is 0. The molecule has 0 amide bonds. The number of benzene rings is 2. The van der Waals surface area contributed by atoms with E-state index in [0.717, 1.165) is 22.8 Å². The average Bonchev–Trinajstić information content (AvgIpc) is 2.89. The number of hydrogen-bond acceptors (Lipinski definition) is 4. The van der Waals surface area contributed by atoms with Crippen LogP contribution in [0.4, 0.5) is 5.95 Å². The summed E-state index contributed by atoms with van der Waals surface area (Å²) in [4.78, 5) is 23.2. The molecule has 2 aromatic carbocycles. The summed E-state index contributed by atoms with van der Waals surface area (Å²) in [5.41, 5.74) is 7.74. The highest BCUT2D eigenvalue weighted by molar-refractivity contribution is 8.13. The van der Waals surface area contributed by atoms with Gasteiger partial charge in [0.05, 0.1) is 16.6 Å². The Bertz CT molecular complexity index is 840. The second-order valence-corrected chi connectivity index (χ2v) is 5.49. The monoisotopic (exact) mass is 312 g/mol. The van der Waals surface area contributed by atoms with Crippen molar-refractivity contribution in [3.8, 4) is 0 Å². The number of para-hydroxylation sites is 2. The molecule has 0 saturated carbocycles. The second-order valence-electron chi connectivity index (χ2n) is 4.43. The summed E-state index contributed by atoms with van der Waals surface area (Å²) >= 11 is 1.09. The Labute approximate surface area is 130 Å². The van der Waals surface area contributed by atoms with Gasteiger partial charge in [-0.2, -0.15) is 4.99 Å². The lowest BCUT2D eigenvalue weighted by atomic mass is 10.2. The molecule has 0 radical (unpaired) electrons. The van der Waals surface area contributed by atoms with E-state index in [9.17, 15) is 4.79 Å². The van der Waals surface area contributed by atoms with E-state index in [1.54, 1.807) is 18.2 Å². The van der Waals surface area contributed by atoms with Crippen LogP contribution in [0.25, 0.3) is 11.0 Å². The topological polar surface area (TPSA) is 104 Å². The van der Waals surface area contributed by atoms with Gasteiger partial charge in [-0.1, -0.05) is 36.0 Å². The SMILES string of the molecule is NC(=Nc1nc2ccccc2[nH]1)Sc1ccccc1C(=O)O. The minimum atomic E-state index is -1.00. The Morgan fingerprint density at radius 3 is 2.68 bits per heavy atom. The number of H-pyrrole nitrogens is 1. The number of nitrogens with one attached hydrogen (secondary N) is 1. The van der Waals surface area contributed by atoms with Crippen LogP contribution in [0.2, 0.25) is 0 Å². The number of aromatic amines is 1. The Morgan fingerprint density at radius 2 is 1.91 bits per heavy atom. The lowest BCUT2D eigenvalue weighted by Gasteiger charge is -2.03. The number of amidine groups is 1. The van der Waals surface area contributed by atoms with Gasteiger partial charge in [0, 0.05) is 4.90 Å². The van der Waals surface area contributed by atoms with Crippen molar-refractivity contribution in [2.45, 2.75) is 4.90 Å². The van der Waals surface area contributed by atoms with Crippen LogP contribution < -0.4 is 5.73 Å². The molecule has 22 heavy (non-hydrogen) atoms. The summed E-state index contributed by atoms with van der Waals surface area (Å²) in [6, 6.07) is 14.2. The smallest absolute Gasteiger partial charge is 0.336 e. The highest BCUT2D eigenvalue weighted by Gasteiger charge is 2.11. The normalized spacial score (nSPS) is 11.7. The van der Waals surface area contributed by atoms with Gasteiger partial charge in [0.1, 0.15) is 0 Å². The molecule has 0 spiro atoms. The van der Waals surface area contributed by atoms with E-state index in [1.807, 2.05) is 24.3 Å². The van der Waals surface area contributed by atoms with E-state index < -0.39 is 5.97 Å². The van der Waals surface area contributed by atoms with Crippen LogP contribution in [0.15, 0.2) is 58.4 Å². The molecule has 3 aromatic rings. The highest BCUT2D eigenvalue weighted by Crippen LogP contribution is 2.24. The molecule has 4 N–H and O–H groups in total. The number of rotatable bonds is 3. The average molecular weight is 312 g/mol. The molecule has 6 nitrogen and oxygen atoms in total. The van der Waals surface area contributed by atoms with E-state index in [-0.39, 0.29) is 10.7 Å². The zero-order valence-corrected chi connectivity index (χ0v) is 12.2. The summed E-state index contributed by atoms with van der Waals surface area (Å²) in [6.07, 6.45) is 0. The third kappa shape index (κ3) is 2.94. The Hall–Kier alpha value is -2.80. The van der Waals surface area contributed by atoms with Crippen LogP contribution in [0, 0.1) is 0 Å². The predicted molar refractivity (Wildman–Crippen MR) is 86.6 cm³/mol. The van der Waals surface area contributed by atoms with Gasteiger partial charge in [0.25, 0.3) is 0 Å². The van der Waals surface area contributed by atoms with E-state index in [4.69, 9.17) is 10.8 Å². The summed E-state index contributed by atoms with van der Waals surface area (Å²) in [7, 11) is 0. The lowest BCUT2D eigenvalue weighted by Crippen LogP contribution is -2.08. The van der Waals surface area contributed by atoms with Crippen molar-refractivity contribution in [2.75, 3.05) is 0 Å². The maximum absolute atomic E-state index is 11.2. The van der Waals surface area contributed by atoms with E-state index >= 15 is 0 Å². The number of fused-ring (bicyclic) bond motifs is 1. The molecule has 0 aliphatic heterocycles. The number of thioether (sulfide) groups is 1. The van der Waals surface area contributed by atoms with Crippen LogP contribution >= 0.6 is 11.8 Å². The fourth-order valence-corrected chi connectivity index (χ4v) is 2.73. The number of imidazole rings is 1. The van der Waals surface area contributed by atoms with Crippen LogP contribution in [0.3, 0.4) is 0 Å². The number of carboxylic acid groups (broad SMARTS) is 1. The van der Waals surface area contributed by atoms with E-state index in [1.165, 1.54) is 6.07 Å². The number of nitrogens with zero attached hydrogens (tertiary/aromatic N) is 2. The third-order valence-corrected chi connectivity index (χ3v) is 3.80. The molecule has 1 aromatic heterocycles. The van der Waals surface area contributed by atoms with Crippen molar-refractivity contribution in [1.82, 2.24) is 9.97 Å². The molecule has 0 bridgehead atoms. The second kappa shape index (κ2) is 5.90.